The van der Waals surface area contributed by atoms with Gasteiger partial charge in [-0.3, -0.25) is 9.69 Å². The first-order chi connectivity index (χ1) is 12.1. The molecular formula is C19H27N2O3S+. The van der Waals surface area contributed by atoms with Crippen LogP contribution in [0.3, 0.4) is 0 Å². The number of anilines is 1. The summed E-state index contributed by atoms with van der Waals surface area (Å²) in [7, 11) is -3.21. The van der Waals surface area contributed by atoms with Gasteiger partial charge in [0.15, 0.2) is 16.4 Å². The second-order valence-electron chi connectivity index (χ2n) is 7.02. The minimum atomic E-state index is -3.21. The summed E-state index contributed by atoms with van der Waals surface area (Å²) in [5.74, 6) is -0.0169. The summed E-state index contributed by atoms with van der Waals surface area (Å²) in [4.78, 5) is 16.1. The van der Waals surface area contributed by atoms with Crippen LogP contribution in [0.1, 0.15) is 32.1 Å². The maximum absolute atomic E-state index is 13.1. The second kappa shape index (κ2) is 8.15. The molecule has 0 aliphatic carbocycles. The Morgan fingerprint density at radius 3 is 2.28 bits per heavy atom. The number of amides is 1. The van der Waals surface area contributed by atoms with Crippen LogP contribution in [0.15, 0.2) is 41.8 Å². The molecule has 1 aromatic rings. The summed E-state index contributed by atoms with van der Waals surface area (Å²) < 4.78 is 23.7. The third-order valence-electron chi connectivity index (χ3n) is 5.01. The number of hydrogen-bond donors (Lipinski definition) is 1. The zero-order valence-corrected chi connectivity index (χ0v) is 15.4. The van der Waals surface area contributed by atoms with Gasteiger partial charge in [-0.1, -0.05) is 24.6 Å². The van der Waals surface area contributed by atoms with E-state index in [2.05, 4.69) is 0 Å². The molecule has 1 saturated heterocycles. The Labute approximate surface area is 150 Å². The molecule has 1 atom stereocenters. The van der Waals surface area contributed by atoms with Crippen molar-refractivity contribution in [3.8, 4) is 0 Å². The molecule has 2 aliphatic rings. The Bertz CT molecular complexity index is 707. The molecule has 2 aliphatic heterocycles. The average molecular weight is 364 g/mol. The number of para-hydroxylation sites is 1. The van der Waals surface area contributed by atoms with Gasteiger partial charge >= 0.3 is 0 Å². The van der Waals surface area contributed by atoms with Crippen LogP contribution in [-0.4, -0.2) is 45.8 Å². The van der Waals surface area contributed by atoms with E-state index in [1.54, 1.807) is 11.0 Å². The number of nitrogens with zero attached hydrogens (tertiary/aromatic N) is 1. The number of sulfone groups is 1. The second-order valence-corrected chi connectivity index (χ2v) is 8.95. The van der Waals surface area contributed by atoms with Gasteiger partial charge in [0, 0.05) is 11.1 Å². The molecule has 0 unspecified atom stereocenters. The van der Waals surface area contributed by atoms with Crippen LogP contribution in [0, 0.1) is 0 Å². The molecule has 0 aromatic heterocycles. The average Bonchev–Trinajstić information content (AvgIpc) is 2.91. The molecule has 2 heterocycles. The van der Waals surface area contributed by atoms with Crippen molar-refractivity contribution in [3.05, 3.63) is 41.8 Å². The molecule has 1 fully saturated rings. The Morgan fingerprint density at radius 2 is 1.68 bits per heavy atom. The SMILES string of the molecule is O=C(C[NH+]1CCCCCCC1)N(c1ccccc1)[C@H]1C=CS(=O)(=O)C1. The number of benzene rings is 1. The summed E-state index contributed by atoms with van der Waals surface area (Å²) >= 11 is 0. The van der Waals surface area contributed by atoms with Crippen molar-refractivity contribution >= 4 is 21.4 Å². The molecule has 0 saturated carbocycles. The predicted molar refractivity (Wildman–Crippen MR) is 99.3 cm³/mol. The van der Waals surface area contributed by atoms with Gasteiger partial charge in [-0.2, -0.15) is 0 Å². The van der Waals surface area contributed by atoms with E-state index >= 15 is 0 Å². The van der Waals surface area contributed by atoms with Gasteiger partial charge < -0.3 is 4.90 Å². The quantitative estimate of drug-likeness (QED) is 0.874. The first kappa shape index (κ1) is 18.1. The molecule has 136 valence electrons. The molecule has 0 spiro atoms. The third-order valence-corrected chi connectivity index (χ3v) is 6.39. The molecule has 0 radical (unpaired) electrons. The number of carbonyl (C=O) groups excluding carboxylic acids is 1. The fourth-order valence-electron chi connectivity index (χ4n) is 3.71. The highest BCUT2D eigenvalue weighted by atomic mass is 32.2. The number of carbonyl (C=O) groups is 1. The van der Waals surface area contributed by atoms with E-state index in [9.17, 15) is 13.2 Å². The highest BCUT2D eigenvalue weighted by Crippen LogP contribution is 2.22. The lowest BCUT2D eigenvalue weighted by Gasteiger charge is -2.30. The zero-order chi connectivity index (χ0) is 17.7. The van der Waals surface area contributed by atoms with E-state index in [4.69, 9.17) is 0 Å². The number of rotatable bonds is 4. The van der Waals surface area contributed by atoms with E-state index in [1.807, 2.05) is 30.3 Å². The number of nitrogens with one attached hydrogen (secondary N) is 1. The Morgan fingerprint density at radius 1 is 1.04 bits per heavy atom. The number of likely N-dealkylation sites (tertiary alicyclic amines) is 1. The van der Waals surface area contributed by atoms with Crippen molar-refractivity contribution in [1.29, 1.82) is 0 Å². The summed E-state index contributed by atoms with van der Waals surface area (Å²) in [6.07, 6.45) is 7.73. The van der Waals surface area contributed by atoms with Gasteiger partial charge in [0.1, 0.15) is 0 Å². The topological polar surface area (TPSA) is 58.9 Å². The van der Waals surface area contributed by atoms with Gasteiger partial charge in [0.25, 0.3) is 5.91 Å². The van der Waals surface area contributed by atoms with Crippen LogP contribution < -0.4 is 9.80 Å². The van der Waals surface area contributed by atoms with Crippen molar-refractivity contribution in [1.82, 2.24) is 0 Å². The van der Waals surface area contributed by atoms with Gasteiger partial charge in [0.2, 0.25) is 0 Å². The molecule has 5 nitrogen and oxygen atoms in total. The molecule has 1 N–H and O–H groups in total. The van der Waals surface area contributed by atoms with E-state index < -0.39 is 15.9 Å². The van der Waals surface area contributed by atoms with E-state index in [0.717, 1.165) is 31.6 Å². The summed E-state index contributed by atoms with van der Waals surface area (Å²) in [6, 6.07) is 9.00. The lowest BCUT2D eigenvalue weighted by Crippen LogP contribution is -3.13. The lowest BCUT2D eigenvalue weighted by molar-refractivity contribution is -0.892. The summed E-state index contributed by atoms with van der Waals surface area (Å²) in [6.45, 7) is 2.47. The molecule has 25 heavy (non-hydrogen) atoms. The molecule has 6 heteroatoms. The Balaban J connectivity index is 1.76. The van der Waals surface area contributed by atoms with Crippen molar-refractivity contribution < 1.29 is 18.1 Å². The van der Waals surface area contributed by atoms with E-state index in [-0.39, 0.29) is 11.7 Å². The first-order valence-corrected chi connectivity index (χ1v) is 10.9. The van der Waals surface area contributed by atoms with Gasteiger partial charge in [-0.15, -0.1) is 0 Å². The summed E-state index contributed by atoms with van der Waals surface area (Å²) in [5.41, 5.74) is 0.769. The normalized spacial score (nSPS) is 23.8. The summed E-state index contributed by atoms with van der Waals surface area (Å²) in [5, 5.41) is 1.24. The van der Waals surface area contributed by atoms with Crippen molar-refractivity contribution in [2.75, 3.05) is 30.3 Å². The van der Waals surface area contributed by atoms with E-state index in [0.29, 0.717) is 6.54 Å². The number of hydrogen-bond acceptors (Lipinski definition) is 3. The van der Waals surface area contributed by atoms with Crippen LogP contribution in [0.2, 0.25) is 0 Å². The van der Waals surface area contributed by atoms with Crippen LogP contribution >= 0.6 is 0 Å². The predicted octanol–water partition coefficient (Wildman–Crippen LogP) is 1.18. The van der Waals surface area contributed by atoms with Crippen molar-refractivity contribution in [3.63, 3.8) is 0 Å². The standard InChI is InChI=1S/C19H26N2O3S/c22-19(15-20-12-7-2-1-3-8-13-20)21(17-9-5-4-6-10-17)18-11-14-25(23,24)16-18/h4-6,9-11,14,18H,1-3,7-8,12-13,15-16H2/p+1/t18-/m0/s1. The molecule has 1 amide bonds. The van der Waals surface area contributed by atoms with Crippen LogP contribution in [0.25, 0.3) is 0 Å². The van der Waals surface area contributed by atoms with Crippen LogP contribution in [0.5, 0.6) is 0 Å². The third kappa shape index (κ3) is 4.92. The van der Waals surface area contributed by atoms with Gasteiger partial charge in [0.05, 0.1) is 24.9 Å². The number of quaternary nitrogens is 1. The van der Waals surface area contributed by atoms with E-state index in [1.165, 1.54) is 29.6 Å². The minimum Gasteiger partial charge on any atom is -0.327 e. The molecule has 3 rings (SSSR count). The maximum Gasteiger partial charge on any atom is 0.282 e. The van der Waals surface area contributed by atoms with Crippen molar-refractivity contribution in [2.24, 2.45) is 0 Å². The highest BCUT2D eigenvalue weighted by molar-refractivity contribution is 7.94. The largest absolute Gasteiger partial charge is 0.327 e. The monoisotopic (exact) mass is 363 g/mol. The highest BCUT2D eigenvalue weighted by Gasteiger charge is 2.33. The molecule has 0 bridgehead atoms. The fourth-order valence-corrected chi connectivity index (χ4v) is 4.98. The lowest BCUT2D eigenvalue weighted by atomic mass is 10.1. The Hall–Kier alpha value is -1.66. The maximum atomic E-state index is 13.1. The zero-order valence-electron chi connectivity index (χ0n) is 14.6. The molecular weight excluding hydrogens is 336 g/mol. The van der Waals surface area contributed by atoms with Crippen LogP contribution in [-0.2, 0) is 14.6 Å². The minimum absolute atomic E-state index is 0.00789. The van der Waals surface area contributed by atoms with Gasteiger partial charge in [-0.25, -0.2) is 8.42 Å². The molecule has 1 aromatic carbocycles. The Kier molecular flexibility index (Phi) is 5.91. The first-order valence-electron chi connectivity index (χ1n) is 9.17. The van der Waals surface area contributed by atoms with Crippen molar-refractivity contribution in [2.45, 2.75) is 38.1 Å². The smallest absolute Gasteiger partial charge is 0.282 e. The van der Waals surface area contributed by atoms with Crippen LogP contribution in [0.4, 0.5) is 5.69 Å². The van der Waals surface area contributed by atoms with Gasteiger partial charge in [-0.05, 0) is 43.9 Å². The fraction of sp³-hybridized carbons (Fsp3) is 0.526.